The number of benzene rings is 2. The molecule has 0 saturated heterocycles. The molecule has 10 nitrogen and oxygen atoms in total. The molecular weight excluding hydrogens is 479 g/mol. The van der Waals surface area contributed by atoms with Crippen LogP contribution in [0.4, 0.5) is 21.7 Å². The molecule has 4 rings (SSSR count). The molecule has 1 amide bonds. The lowest BCUT2D eigenvalue weighted by Gasteiger charge is -2.14. The molecule has 0 aliphatic carbocycles. The number of aromatic carboxylic acids is 1. The minimum Gasteiger partial charge on any atom is -0.494 e. The summed E-state index contributed by atoms with van der Waals surface area (Å²) in [6, 6.07) is 9.90. The number of likely N-dealkylation sites (N-methyl/N-ethyl adjacent to an activating group) is 1. The molecule has 2 aromatic carbocycles. The van der Waals surface area contributed by atoms with Crippen molar-refractivity contribution < 1.29 is 23.8 Å². The van der Waals surface area contributed by atoms with Crippen LogP contribution in [0.15, 0.2) is 60.9 Å². The van der Waals surface area contributed by atoms with Crippen LogP contribution in [0.25, 0.3) is 22.2 Å². The van der Waals surface area contributed by atoms with E-state index in [4.69, 9.17) is 4.74 Å². The number of hydrogen-bond donors (Lipinski definition) is 4. The molecule has 4 aromatic rings. The molecule has 11 heteroatoms. The molecule has 2 aromatic heterocycles. The van der Waals surface area contributed by atoms with Crippen molar-refractivity contribution >= 4 is 40.1 Å². The van der Waals surface area contributed by atoms with Crippen LogP contribution >= 0.6 is 0 Å². The molecule has 2 heterocycles. The van der Waals surface area contributed by atoms with E-state index >= 15 is 0 Å². The van der Waals surface area contributed by atoms with Crippen molar-refractivity contribution in [1.29, 1.82) is 0 Å². The summed E-state index contributed by atoms with van der Waals surface area (Å²) in [5.74, 6) is -2.19. The minimum absolute atomic E-state index is 0.0540. The molecule has 0 radical (unpaired) electrons. The molecule has 0 aliphatic heterocycles. The lowest BCUT2D eigenvalue weighted by molar-refractivity contribution is -0.111. The van der Waals surface area contributed by atoms with Gasteiger partial charge in [-0.15, -0.1) is 0 Å². The quantitative estimate of drug-likeness (QED) is 0.249. The highest BCUT2D eigenvalue weighted by atomic mass is 19.1. The molecule has 4 N–H and O–H groups in total. The van der Waals surface area contributed by atoms with E-state index < -0.39 is 17.7 Å². The number of rotatable bonds is 9. The van der Waals surface area contributed by atoms with Crippen molar-refractivity contribution in [2.24, 2.45) is 0 Å². The molecule has 0 spiro atoms. The van der Waals surface area contributed by atoms with Crippen LogP contribution in [0.5, 0.6) is 5.75 Å². The molecule has 0 saturated carbocycles. The summed E-state index contributed by atoms with van der Waals surface area (Å²) in [4.78, 5) is 37.7. The van der Waals surface area contributed by atoms with Crippen LogP contribution in [-0.4, -0.2) is 64.6 Å². The summed E-state index contributed by atoms with van der Waals surface area (Å²) in [5.41, 5.74) is 1.71. The molecule has 0 bridgehead atoms. The number of carboxylic acid groups (broad SMARTS) is 1. The van der Waals surface area contributed by atoms with Crippen LogP contribution in [0.2, 0.25) is 0 Å². The van der Waals surface area contributed by atoms with Crippen LogP contribution in [0.1, 0.15) is 10.4 Å². The number of halogens is 1. The van der Waals surface area contributed by atoms with Gasteiger partial charge in [0, 0.05) is 47.5 Å². The highest BCUT2D eigenvalue weighted by Crippen LogP contribution is 2.34. The van der Waals surface area contributed by atoms with Gasteiger partial charge >= 0.3 is 5.97 Å². The summed E-state index contributed by atoms with van der Waals surface area (Å²) in [6.45, 7) is 0.549. The third-order valence-electron chi connectivity index (χ3n) is 5.40. The van der Waals surface area contributed by atoms with Crippen LogP contribution in [-0.2, 0) is 4.79 Å². The predicted octanol–water partition coefficient (Wildman–Crippen LogP) is 4.27. The maximum absolute atomic E-state index is 14.7. The zero-order valence-corrected chi connectivity index (χ0v) is 20.4. The highest BCUT2D eigenvalue weighted by molar-refractivity contribution is 6.02. The lowest BCUT2D eigenvalue weighted by Crippen LogP contribution is -2.13. The van der Waals surface area contributed by atoms with Crippen LogP contribution in [0, 0.1) is 5.82 Å². The number of carbonyl (C=O) groups excluding carboxylic acids is 1. The Hall–Kier alpha value is -4.77. The van der Waals surface area contributed by atoms with Crippen molar-refractivity contribution in [3.63, 3.8) is 0 Å². The van der Waals surface area contributed by atoms with Crippen molar-refractivity contribution in [1.82, 2.24) is 19.9 Å². The van der Waals surface area contributed by atoms with E-state index in [0.717, 1.165) is 17.0 Å². The van der Waals surface area contributed by atoms with Gasteiger partial charge < -0.3 is 30.4 Å². The smallest absolute Gasteiger partial charge is 0.339 e. The largest absolute Gasteiger partial charge is 0.494 e. The number of para-hydroxylation sites is 1. The fourth-order valence-corrected chi connectivity index (χ4v) is 3.65. The third-order valence-corrected chi connectivity index (χ3v) is 5.40. The summed E-state index contributed by atoms with van der Waals surface area (Å²) >= 11 is 0. The Kier molecular flexibility index (Phi) is 7.44. The number of ether oxygens (including phenoxy) is 1. The van der Waals surface area contributed by atoms with Crippen LogP contribution in [0.3, 0.4) is 0 Å². The Labute approximate surface area is 211 Å². The first kappa shape index (κ1) is 25.3. The molecule has 0 aliphatic rings. The molecule has 37 heavy (non-hydrogen) atoms. The number of amides is 1. The van der Waals surface area contributed by atoms with E-state index in [0.29, 0.717) is 12.1 Å². The van der Waals surface area contributed by atoms with Gasteiger partial charge in [0.15, 0.2) is 5.82 Å². The number of nitrogens with one attached hydrogen (secondary N) is 3. The van der Waals surface area contributed by atoms with E-state index in [1.165, 1.54) is 25.4 Å². The minimum atomic E-state index is -1.18. The SMILES string of the molecule is COc1cc(F)c(NC(=O)/C=C/CN(C)C)cc1Nc1ncc(C(=O)O)c(-c2c[nH]c3ccccc23)n1. The Balaban J connectivity index is 1.69. The van der Waals surface area contributed by atoms with Gasteiger partial charge in [0.2, 0.25) is 11.9 Å². The van der Waals surface area contributed by atoms with E-state index in [9.17, 15) is 19.1 Å². The summed E-state index contributed by atoms with van der Waals surface area (Å²) in [7, 11) is 5.09. The number of H-pyrrole nitrogens is 1. The van der Waals surface area contributed by atoms with E-state index in [1.54, 1.807) is 12.3 Å². The molecule has 0 fully saturated rings. The third kappa shape index (κ3) is 5.73. The molecular formula is C26H25FN6O4. The summed E-state index contributed by atoms with van der Waals surface area (Å²) < 4.78 is 19.9. The summed E-state index contributed by atoms with van der Waals surface area (Å²) in [6.07, 6.45) is 5.85. The van der Waals surface area contributed by atoms with Crippen molar-refractivity contribution in [2.75, 3.05) is 38.4 Å². The first-order chi connectivity index (χ1) is 17.8. The molecule has 0 unspecified atom stereocenters. The Morgan fingerprint density at radius 2 is 2.00 bits per heavy atom. The number of hydrogen-bond acceptors (Lipinski definition) is 7. The van der Waals surface area contributed by atoms with Gasteiger partial charge in [-0.3, -0.25) is 4.79 Å². The van der Waals surface area contributed by atoms with E-state index in [1.807, 2.05) is 43.3 Å². The van der Waals surface area contributed by atoms with Gasteiger partial charge in [-0.2, -0.15) is 0 Å². The van der Waals surface area contributed by atoms with E-state index in [-0.39, 0.29) is 34.3 Å². The second kappa shape index (κ2) is 10.9. The standard InChI is InChI=1S/C26H25FN6O4/c1-33(2)10-6-9-23(34)30-20-12-21(22(37-3)11-18(20)27)31-26-29-14-17(25(35)36)24(32-26)16-13-28-19-8-5-4-7-15(16)19/h4-9,11-14,28H,10H2,1-3H3,(H,30,34)(H,35,36)(H,29,31,32)/b9-6+. The fourth-order valence-electron chi connectivity index (χ4n) is 3.65. The predicted molar refractivity (Wildman–Crippen MR) is 139 cm³/mol. The lowest BCUT2D eigenvalue weighted by atomic mass is 10.1. The zero-order valence-electron chi connectivity index (χ0n) is 20.4. The zero-order chi connectivity index (χ0) is 26.5. The Bertz CT molecular complexity index is 1500. The summed E-state index contributed by atoms with van der Waals surface area (Å²) in [5, 5.41) is 16.0. The molecule has 190 valence electrons. The van der Waals surface area contributed by atoms with Gasteiger partial charge in [-0.1, -0.05) is 24.3 Å². The average molecular weight is 505 g/mol. The van der Waals surface area contributed by atoms with Crippen molar-refractivity contribution in [3.8, 4) is 17.0 Å². The van der Waals surface area contributed by atoms with Gasteiger partial charge in [0.25, 0.3) is 0 Å². The number of anilines is 3. The van der Waals surface area contributed by atoms with Gasteiger partial charge in [-0.05, 0) is 26.2 Å². The first-order valence-corrected chi connectivity index (χ1v) is 11.2. The van der Waals surface area contributed by atoms with Crippen molar-refractivity contribution in [2.45, 2.75) is 0 Å². The van der Waals surface area contributed by atoms with Crippen molar-refractivity contribution in [3.05, 3.63) is 72.3 Å². The number of fused-ring (bicyclic) bond motifs is 1. The number of carboxylic acids is 1. The maximum Gasteiger partial charge on any atom is 0.339 e. The normalized spacial score (nSPS) is 11.3. The maximum atomic E-state index is 14.7. The number of methoxy groups -OCH3 is 1. The van der Waals surface area contributed by atoms with Gasteiger partial charge in [-0.25, -0.2) is 19.2 Å². The van der Waals surface area contributed by atoms with Gasteiger partial charge in [0.05, 0.1) is 24.2 Å². The number of nitrogens with zero attached hydrogens (tertiary/aromatic N) is 3. The number of aromatic amines is 1. The van der Waals surface area contributed by atoms with Crippen LogP contribution < -0.4 is 15.4 Å². The number of carbonyl (C=O) groups is 2. The fraction of sp³-hybridized carbons (Fsp3) is 0.154. The average Bonchev–Trinajstić information content (AvgIpc) is 3.29. The topological polar surface area (TPSA) is 132 Å². The second-order valence-electron chi connectivity index (χ2n) is 8.32. The van der Waals surface area contributed by atoms with Gasteiger partial charge in [0.1, 0.15) is 11.3 Å². The Morgan fingerprint density at radius 3 is 2.73 bits per heavy atom. The monoisotopic (exact) mass is 504 g/mol. The molecule has 0 atom stereocenters. The Morgan fingerprint density at radius 1 is 1.22 bits per heavy atom. The second-order valence-corrected chi connectivity index (χ2v) is 8.32. The first-order valence-electron chi connectivity index (χ1n) is 11.2. The highest BCUT2D eigenvalue weighted by Gasteiger charge is 2.20. The number of aromatic nitrogens is 3. The van der Waals surface area contributed by atoms with E-state index in [2.05, 4.69) is 25.6 Å².